The monoisotopic (exact) mass is 414 g/mol. The third kappa shape index (κ3) is 5.72. The van der Waals surface area contributed by atoms with E-state index in [-0.39, 0.29) is 10.8 Å². The van der Waals surface area contributed by atoms with Crippen LogP contribution < -0.4 is 0 Å². The van der Waals surface area contributed by atoms with Gasteiger partial charge in [-0.2, -0.15) is 0 Å². The molecule has 0 saturated heterocycles. The first-order valence-electron chi connectivity index (χ1n) is 10.8. The van der Waals surface area contributed by atoms with Crippen molar-refractivity contribution in [1.82, 2.24) is 0 Å². The number of phenolic OH excluding ortho intramolecular Hbond substituents is 2. The van der Waals surface area contributed by atoms with E-state index in [9.17, 15) is 10.2 Å². The number of phenols is 2. The molecule has 0 radical (unpaired) electrons. The van der Waals surface area contributed by atoms with Gasteiger partial charge in [0.15, 0.2) is 0 Å². The van der Waals surface area contributed by atoms with Crippen LogP contribution in [0.5, 0.6) is 11.5 Å². The molecule has 0 fully saturated rings. The average molecular weight is 415 g/mol. The average Bonchev–Trinajstić information content (AvgIpc) is 2.57. The molecule has 0 aliphatic rings. The number of aryl methyl sites for hydroxylation is 2. The molecule has 0 unspecified atom stereocenters. The molecule has 0 spiro atoms. The molecule has 2 rings (SSSR count). The minimum absolute atomic E-state index is 0.123. The van der Waals surface area contributed by atoms with E-state index in [0.29, 0.717) is 11.5 Å². The van der Waals surface area contributed by atoms with E-state index in [0.717, 1.165) is 36.8 Å². The van der Waals surface area contributed by atoms with Gasteiger partial charge in [-0.1, -0.05) is 80.0 Å². The molecule has 0 bridgehead atoms. The van der Waals surface area contributed by atoms with Crippen molar-refractivity contribution < 1.29 is 10.2 Å². The summed E-state index contributed by atoms with van der Waals surface area (Å²) in [4.78, 5) is 2.41. The molecule has 2 aromatic carbocycles. The van der Waals surface area contributed by atoms with Gasteiger partial charge in [-0.05, 0) is 59.1 Å². The van der Waals surface area contributed by atoms with Gasteiger partial charge in [0.05, 0.1) is 0 Å². The summed E-state index contributed by atoms with van der Waals surface area (Å²) in [5.74, 6) is 0.778. The van der Waals surface area contributed by atoms with Crippen molar-refractivity contribution in [3.8, 4) is 11.5 Å². The van der Waals surface area contributed by atoms with E-state index >= 15 is 0 Å². The molecule has 0 atom stereocenters. The maximum Gasteiger partial charge on any atom is 0.119 e. The van der Waals surface area contributed by atoms with E-state index in [1.807, 2.05) is 12.1 Å². The Morgan fingerprint density at radius 3 is 1.28 bits per heavy atom. The molecule has 2 nitrogen and oxygen atoms in total. The first-order valence-corrected chi connectivity index (χ1v) is 11.6. The molecule has 2 aromatic rings. The summed E-state index contributed by atoms with van der Waals surface area (Å²) in [7, 11) is 0. The van der Waals surface area contributed by atoms with E-state index in [2.05, 4.69) is 67.5 Å². The van der Waals surface area contributed by atoms with Crippen LogP contribution in [0.1, 0.15) is 90.5 Å². The van der Waals surface area contributed by atoms with Gasteiger partial charge >= 0.3 is 0 Å². The summed E-state index contributed by atoms with van der Waals surface area (Å²) >= 11 is 1.78. The normalized spacial score (nSPS) is 12.4. The second kappa shape index (κ2) is 9.04. The van der Waals surface area contributed by atoms with Gasteiger partial charge in [-0.25, -0.2) is 0 Å². The number of rotatable bonds is 6. The van der Waals surface area contributed by atoms with Gasteiger partial charge in [0, 0.05) is 20.9 Å². The maximum absolute atomic E-state index is 10.6. The van der Waals surface area contributed by atoms with Crippen molar-refractivity contribution in [1.29, 1.82) is 0 Å². The molecule has 0 amide bonds. The molecule has 29 heavy (non-hydrogen) atoms. The Labute approximate surface area is 181 Å². The second-order valence-electron chi connectivity index (χ2n) is 10.1. The SMILES string of the molecule is CCCc1cc(O)c(C(C)(C)C)cc1Sc1cc(C(C)(C)C)c(O)cc1CCC. The Morgan fingerprint density at radius 1 is 0.655 bits per heavy atom. The summed E-state index contributed by atoms with van der Waals surface area (Å²) in [6.07, 6.45) is 3.94. The Bertz CT molecular complexity index is 783. The standard InChI is InChI=1S/C26H38O2S/c1-9-11-17-13-21(27)19(25(3,4)5)15-23(17)29-24-16-20(26(6,7)8)22(28)14-18(24)12-10-2/h13-16,27-28H,9-12H2,1-8H3. The van der Waals surface area contributed by atoms with Crippen molar-refractivity contribution in [2.45, 2.75) is 102 Å². The van der Waals surface area contributed by atoms with Crippen LogP contribution in [0.4, 0.5) is 0 Å². The van der Waals surface area contributed by atoms with Crippen molar-refractivity contribution in [2.24, 2.45) is 0 Å². The number of benzene rings is 2. The predicted molar refractivity (Wildman–Crippen MR) is 126 cm³/mol. The molecule has 0 heterocycles. The largest absolute Gasteiger partial charge is 0.508 e. The quantitative estimate of drug-likeness (QED) is 0.507. The van der Waals surface area contributed by atoms with Gasteiger partial charge in [-0.15, -0.1) is 0 Å². The molecular formula is C26H38O2S. The highest BCUT2D eigenvalue weighted by molar-refractivity contribution is 7.99. The summed E-state index contributed by atoms with van der Waals surface area (Å²) in [5.41, 5.74) is 4.09. The van der Waals surface area contributed by atoms with E-state index in [1.54, 1.807) is 11.8 Å². The molecule has 2 N–H and O–H groups in total. The third-order valence-corrected chi connectivity index (χ3v) is 6.43. The fourth-order valence-corrected chi connectivity index (χ4v) is 4.84. The number of aromatic hydroxyl groups is 2. The summed E-state index contributed by atoms with van der Waals surface area (Å²) in [6, 6.07) is 8.25. The predicted octanol–water partition coefficient (Wildman–Crippen LogP) is 7.75. The van der Waals surface area contributed by atoms with Crippen LogP contribution in [0.3, 0.4) is 0 Å². The van der Waals surface area contributed by atoms with Crippen LogP contribution in [0.15, 0.2) is 34.1 Å². The highest BCUT2D eigenvalue weighted by Crippen LogP contribution is 2.43. The van der Waals surface area contributed by atoms with E-state index < -0.39 is 0 Å². The molecule has 0 aliphatic heterocycles. The summed E-state index contributed by atoms with van der Waals surface area (Å²) < 4.78 is 0. The molecule has 0 saturated carbocycles. The second-order valence-corrected chi connectivity index (χ2v) is 11.1. The van der Waals surface area contributed by atoms with Crippen LogP contribution in [-0.2, 0) is 23.7 Å². The Balaban J connectivity index is 2.64. The minimum atomic E-state index is -0.123. The molecule has 0 aromatic heterocycles. The zero-order valence-electron chi connectivity index (χ0n) is 19.4. The lowest BCUT2D eigenvalue weighted by Gasteiger charge is -2.25. The van der Waals surface area contributed by atoms with E-state index in [4.69, 9.17) is 0 Å². The smallest absolute Gasteiger partial charge is 0.119 e. The highest BCUT2D eigenvalue weighted by Gasteiger charge is 2.23. The van der Waals surface area contributed by atoms with Gasteiger partial charge in [0.25, 0.3) is 0 Å². The lowest BCUT2D eigenvalue weighted by molar-refractivity contribution is 0.444. The van der Waals surface area contributed by atoms with Gasteiger partial charge in [0.1, 0.15) is 11.5 Å². The van der Waals surface area contributed by atoms with Gasteiger partial charge in [-0.3, -0.25) is 0 Å². The van der Waals surface area contributed by atoms with Crippen LogP contribution in [0.2, 0.25) is 0 Å². The molecular weight excluding hydrogens is 376 g/mol. The topological polar surface area (TPSA) is 40.5 Å². The zero-order valence-corrected chi connectivity index (χ0v) is 20.3. The third-order valence-electron chi connectivity index (χ3n) is 5.23. The minimum Gasteiger partial charge on any atom is -0.508 e. The lowest BCUT2D eigenvalue weighted by atomic mass is 9.85. The Morgan fingerprint density at radius 2 is 1.00 bits per heavy atom. The lowest BCUT2D eigenvalue weighted by Crippen LogP contribution is -2.12. The fourth-order valence-electron chi connectivity index (χ4n) is 3.66. The van der Waals surface area contributed by atoms with Gasteiger partial charge < -0.3 is 10.2 Å². The highest BCUT2D eigenvalue weighted by atomic mass is 32.2. The van der Waals surface area contributed by atoms with Crippen LogP contribution in [0, 0.1) is 0 Å². The van der Waals surface area contributed by atoms with Crippen molar-refractivity contribution >= 4 is 11.8 Å². The first kappa shape index (κ1) is 23.7. The van der Waals surface area contributed by atoms with Crippen molar-refractivity contribution in [2.75, 3.05) is 0 Å². The van der Waals surface area contributed by atoms with Crippen LogP contribution in [-0.4, -0.2) is 10.2 Å². The zero-order chi connectivity index (χ0) is 22.0. The summed E-state index contributed by atoms with van der Waals surface area (Å²) in [6.45, 7) is 17.2. The molecule has 160 valence electrons. The molecule has 0 aliphatic carbocycles. The summed E-state index contributed by atoms with van der Waals surface area (Å²) in [5, 5.41) is 21.3. The van der Waals surface area contributed by atoms with Crippen LogP contribution in [0.25, 0.3) is 0 Å². The Hall–Kier alpha value is -1.61. The van der Waals surface area contributed by atoms with E-state index in [1.165, 1.54) is 20.9 Å². The number of hydrogen-bond acceptors (Lipinski definition) is 3. The van der Waals surface area contributed by atoms with Crippen molar-refractivity contribution in [3.63, 3.8) is 0 Å². The van der Waals surface area contributed by atoms with Crippen LogP contribution >= 0.6 is 11.8 Å². The maximum atomic E-state index is 10.6. The number of hydrogen-bond donors (Lipinski definition) is 2. The molecule has 3 heteroatoms. The first-order chi connectivity index (χ1) is 13.4. The fraction of sp³-hybridized carbons (Fsp3) is 0.538. The van der Waals surface area contributed by atoms with Gasteiger partial charge in [0.2, 0.25) is 0 Å². The van der Waals surface area contributed by atoms with Crippen molar-refractivity contribution in [3.05, 3.63) is 46.5 Å². The Kier molecular flexibility index (Phi) is 7.37.